The van der Waals surface area contributed by atoms with Crippen molar-refractivity contribution in [2.24, 2.45) is 0 Å². The number of hydrogen-bond donors (Lipinski definition) is 1. The van der Waals surface area contributed by atoms with Gasteiger partial charge in [0, 0.05) is 19.6 Å². The van der Waals surface area contributed by atoms with Crippen molar-refractivity contribution in [1.29, 1.82) is 0 Å². The Labute approximate surface area is 110 Å². The maximum absolute atomic E-state index is 10.6. The summed E-state index contributed by atoms with van der Waals surface area (Å²) in [6.07, 6.45) is -0.406. The molecule has 0 bridgehead atoms. The van der Waals surface area contributed by atoms with Crippen LogP contribution in [0.5, 0.6) is 0 Å². The van der Waals surface area contributed by atoms with Crippen molar-refractivity contribution in [2.45, 2.75) is 26.0 Å². The lowest BCUT2D eigenvalue weighted by Crippen LogP contribution is -2.52. The summed E-state index contributed by atoms with van der Waals surface area (Å²) in [6, 6.07) is 6.45. The van der Waals surface area contributed by atoms with Crippen LogP contribution in [-0.4, -0.2) is 54.7 Å². The second-order valence-electron chi connectivity index (χ2n) is 5.60. The molecule has 1 aliphatic heterocycles. The Hall–Kier alpha value is -0.900. The minimum atomic E-state index is -0.406. The van der Waals surface area contributed by atoms with Gasteiger partial charge in [-0.25, -0.2) is 0 Å². The van der Waals surface area contributed by atoms with E-state index in [1.54, 1.807) is 0 Å². The average Bonchev–Trinajstić information content (AvgIpc) is 2.35. The van der Waals surface area contributed by atoms with Crippen molar-refractivity contribution in [3.05, 3.63) is 34.9 Å². The van der Waals surface area contributed by atoms with E-state index in [9.17, 15) is 5.11 Å². The SMILES string of the molecule is Cc1ccc(C(O)C2CN(C)CCN2C)cc1C. The lowest BCUT2D eigenvalue weighted by molar-refractivity contribution is 0.0138. The van der Waals surface area contributed by atoms with Crippen LogP contribution in [0.15, 0.2) is 18.2 Å². The molecular formula is C15H24N2O. The Morgan fingerprint density at radius 2 is 1.89 bits per heavy atom. The molecule has 3 heteroatoms. The predicted molar refractivity (Wildman–Crippen MR) is 74.8 cm³/mol. The van der Waals surface area contributed by atoms with Crippen molar-refractivity contribution in [1.82, 2.24) is 9.80 Å². The minimum Gasteiger partial charge on any atom is -0.387 e. The third kappa shape index (κ3) is 2.74. The highest BCUT2D eigenvalue weighted by molar-refractivity contribution is 5.31. The van der Waals surface area contributed by atoms with E-state index in [1.165, 1.54) is 11.1 Å². The third-order valence-corrected chi connectivity index (χ3v) is 4.14. The van der Waals surface area contributed by atoms with Crippen molar-refractivity contribution < 1.29 is 5.11 Å². The second-order valence-corrected chi connectivity index (χ2v) is 5.60. The predicted octanol–water partition coefficient (Wildman–Crippen LogP) is 1.58. The number of aliphatic hydroxyl groups is 1. The summed E-state index contributed by atoms with van der Waals surface area (Å²) in [5.74, 6) is 0. The first-order chi connectivity index (χ1) is 8.49. The van der Waals surface area contributed by atoms with E-state index in [2.05, 4.69) is 55.9 Å². The summed E-state index contributed by atoms with van der Waals surface area (Å²) < 4.78 is 0. The topological polar surface area (TPSA) is 26.7 Å². The zero-order chi connectivity index (χ0) is 13.3. The fourth-order valence-electron chi connectivity index (χ4n) is 2.56. The highest BCUT2D eigenvalue weighted by atomic mass is 16.3. The van der Waals surface area contributed by atoms with Gasteiger partial charge < -0.3 is 10.0 Å². The fraction of sp³-hybridized carbons (Fsp3) is 0.600. The van der Waals surface area contributed by atoms with Crippen LogP contribution in [0.25, 0.3) is 0 Å². The Balaban J connectivity index is 2.18. The van der Waals surface area contributed by atoms with Crippen molar-refractivity contribution in [2.75, 3.05) is 33.7 Å². The van der Waals surface area contributed by atoms with Gasteiger partial charge in [-0.15, -0.1) is 0 Å². The van der Waals surface area contributed by atoms with E-state index in [0.29, 0.717) is 0 Å². The van der Waals surface area contributed by atoms with Crippen LogP contribution in [0, 0.1) is 13.8 Å². The first-order valence-electron chi connectivity index (χ1n) is 6.63. The Morgan fingerprint density at radius 1 is 1.17 bits per heavy atom. The number of benzene rings is 1. The lowest BCUT2D eigenvalue weighted by Gasteiger charge is -2.40. The Morgan fingerprint density at radius 3 is 2.56 bits per heavy atom. The molecule has 1 heterocycles. The van der Waals surface area contributed by atoms with Gasteiger partial charge in [0.05, 0.1) is 12.1 Å². The molecule has 1 N–H and O–H groups in total. The van der Waals surface area contributed by atoms with Gasteiger partial charge in [0.25, 0.3) is 0 Å². The molecule has 0 spiro atoms. The van der Waals surface area contributed by atoms with Gasteiger partial charge in [-0.3, -0.25) is 4.90 Å². The summed E-state index contributed by atoms with van der Waals surface area (Å²) in [6.45, 7) is 7.22. The van der Waals surface area contributed by atoms with Crippen LogP contribution in [0.2, 0.25) is 0 Å². The summed E-state index contributed by atoms with van der Waals surface area (Å²) in [7, 11) is 4.22. The van der Waals surface area contributed by atoms with Gasteiger partial charge in [-0.05, 0) is 44.6 Å². The number of nitrogens with zero attached hydrogens (tertiary/aromatic N) is 2. The normalized spacial score (nSPS) is 24.2. The molecular weight excluding hydrogens is 224 g/mol. The number of piperazine rings is 1. The standard InChI is InChI=1S/C15H24N2O/c1-11-5-6-13(9-12(11)2)15(18)14-10-16(3)7-8-17(14)4/h5-6,9,14-15,18H,7-8,10H2,1-4H3. The van der Waals surface area contributed by atoms with Gasteiger partial charge >= 0.3 is 0 Å². The maximum Gasteiger partial charge on any atom is 0.0957 e. The van der Waals surface area contributed by atoms with Crippen LogP contribution in [0.4, 0.5) is 0 Å². The van der Waals surface area contributed by atoms with E-state index >= 15 is 0 Å². The maximum atomic E-state index is 10.6. The molecule has 0 aliphatic carbocycles. The summed E-state index contributed by atoms with van der Waals surface area (Å²) in [4.78, 5) is 4.55. The van der Waals surface area contributed by atoms with Crippen LogP contribution < -0.4 is 0 Å². The number of aryl methyl sites for hydroxylation is 2. The zero-order valence-electron chi connectivity index (χ0n) is 11.8. The first-order valence-corrected chi connectivity index (χ1v) is 6.63. The lowest BCUT2D eigenvalue weighted by atomic mass is 9.96. The second kappa shape index (κ2) is 5.39. The van der Waals surface area contributed by atoms with Crippen molar-refractivity contribution in [3.63, 3.8) is 0 Å². The van der Waals surface area contributed by atoms with E-state index in [4.69, 9.17) is 0 Å². The van der Waals surface area contributed by atoms with Gasteiger partial charge in [-0.1, -0.05) is 18.2 Å². The van der Waals surface area contributed by atoms with E-state index in [1.807, 2.05) is 0 Å². The van der Waals surface area contributed by atoms with E-state index < -0.39 is 6.10 Å². The smallest absolute Gasteiger partial charge is 0.0957 e. The van der Waals surface area contributed by atoms with Crippen LogP contribution in [-0.2, 0) is 0 Å². The third-order valence-electron chi connectivity index (χ3n) is 4.14. The average molecular weight is 248 g/mol. The summed E-state index contributed by atoms with van der Waals surface area (Å²) in [5, 5.41) is 10.6. The highest BCUT2D eigenvalue weighted by Gasteiger charge is 2.29. The van der Waals surface area contributed by atoms with Gasteiger partial charge in [0.1, 0.15) is 0 Å². The molecule has 0 amide bonds. The highest BCUT2D eigenvalue weighted by Crippen LogP contribution is 2.24. The minimum absolute atomic E-state index is 0.186. The molecule has 1 aliphatic rings. The molecule has 18 heavy (non-hydrogen) atoms. The van der Waals surface area contributed by atoms with Crippen LogP contribution in [0.1, 0.15) is 22.8 Å². The van der Waals surface area contributed by atoms with Gasteiger partial charge in [0.2, 0.25) is 0 Å². The molecule has 0 saturated carbocycles. The number of aliphatic hydroxyl groups excluding tert-OH is 1. The molecule has 0 aromatic heterocycles. The van der Waals surface area contributed by atoms with Crippen molar-refractivity contribution >= 4 is 0 Å². The number of rotatable bonds is 2. The van der Waals surface area contributed by atoms with Gasteiger partial charge in [-0.2, -0.15) is 0 Å². The zero-order valence-corrected chi connectivity index (χ0v) is 11.8. The van der Waals surface area contributed by atoms with Gasteiger partial charge in [0.15, 0.2) is 0 Å². The van der Waals surface area contributed by atoms with E-state index in [-0.39, 0.29) is 6.04 Å². The molecule has 1 fully saturated rings. The quantitative estimate of drug-likeness (QED) is 0.861. The molecule has 0 radical (unpaired) electrons. The molecule has 2 atom stereocenters. The molecule has 1 saturated heterocycles. The monoisotopic (exact) mass is 248 g/mol. The molecule has 1 aromatic rings. The van der Waals surface area contributed by atoms with Crippen molar-refractivity contribution in [3.8, 4) is 0 Å². The molecule has 2 unspecified atom stereocenters. The first kappa shape index (κ1) is 13.5. The Kier molecular flexibility index (Phi) is 4.05. The van der Waals surface area contributed by atoms with E-state index in [0.717, 1.165) is 25.2 Å². The number of hydrogen-bond acceptors (Lipinski definition) is 3. The summed E-state index contributed by atoms with van der Waals surface area (Å²) in [5.41, 5.74) is 3.56. The van der Waals surface area contributed by atoms with Crippen LogP contribution in [0.3, 0.4) is 0 Å². The van der Waals surface area contributed by atoms with Crippen LogP contribution >= 0.6 is 0 Å². The molecule has 1 aromatic carbocycles. The fourth-order valence-corrected chi connectivity index (χ4v) is 2.56. The molecule has 2 rings (SSSR count). The number of likely N-dealkylation sites (N-methyl/N-ethyl adjacent to an activating group) is 2. The Bertz CT molecular complexity index is 419. The largest absolute Gasteiger partial charge is 0.387 e. The molecule has 3 nitrogen and oxygen atoms in total. The molecule has 100 valence electrons. The summed E-state index contributed by atoms with van der Waals surface area (Å²) >= 11 is 0.